The van der Waals surface area contributed by atoms with E-state index in [9.17, 15) is 4.79 Å². The maximum absolute atomic E-state index is 11.6. The van der Waals surface area contributed by atoms with E-state index in [0.717, 1.165) is 11.3 Å². The van der Waals surface area contributed by atoms with Gasteiger partial charge in [-0.3, -0.25) is 0 Å². The number of benzene rings is 1. The van der Waals surface area contributed by atoms with Crippen LogP contribution in [-0.4, -0.2) is 19.1 Å². The Bertz CT molecular complexity index is 452. The highest BCUT2D eigenvalue weighted by atomic mass is 16.5. The third-order valence-corrected chi connectivity index (χ3v) is 2.52. The van der Waals surface area contributed by atoms with Crippen molar-refractivity contribution in [2.24, 2.45) is 5.73 Å². The number of anilines is 1. The van der Waals surface area contributed by atoms with Crippen LogP contribution in [0.1, 0.15) is 12.5 Å². The van der Waals surface area contributed by atoms with Gasteiger partial charge in [-0.1, -0.05) is 18.2 Å². The minimum Gasteiger partial charge on any atom is -0.463 e. The Balaban J connectivity index is 2.39. The Kier molecular flexibility index (Phi) is 2.81. The molecule has 0 unspecified atom stereocenters. The first-order chi connectivity index (χ1) is 7.74. The average Bonchev–Trinajstić information content (AvgIpc) is 2.30. The third-order valence-electron chi connectivity index (χ3n) is 2.52. The van der Waals surface area contributed by atoms with E-state index in [1.165, 1.54) is 0 Å². The van der Waals surface area contributed by atoms with Crippen molar-refractivity contribution in [1.29, 1.82) is 0 Å². The number of esters is 1. The number of fused-ring (bicyclic) bond motifs is 1. The third kappa shape index (κ3) is 1.74. The molecule has 2 rings (SSSR count). The van der Waals surface area contributed by atoms with Crippen LogP contribution in [0.3, 0.4) is 0 Å². The molecular formula is C12H14N2O2. The lowest BCUT2D eigenvalue weighted by Gasteiger charge is -2.21. The van der Waals surface area contributed by atoms with Gasteiger partial charge in [-0.15, -0.1) is 0 Å². The first-order valence-electron chi connectivity index (χ1n) is 5.23. The number of hydrogen-bond acceptors (Lipinski definition) is 4. The average molecular weight is 218 g/mol. The van der Waals surface area contributed by atoms with Gasteiger partial charge in [-0.25, -0.2) is 4.79 Å². The first-order valence-corrected chi connectivity index (χ1v) is 5.23. The molecule has 16 heavy (non-hydrogen) atoms. The molecule has 0 saturated carbocycles. The van der Waals surface area contributed by atoms with E-state index < -0.39 is 0 Å². The zero-order valence-electron chi connectivity index (χ0n) is 9.12. The minimum atomic E-state index is -0.345. The second kappa shape index (κ2) is 4.26. The van der Waals surface area contributed by atoms with Crippen LogP contribution in [0.4, 0.5) is 5.69 Å². The van der Waals surface area contributed by atoms with Crippen molar-refractivity contribution in [2.45, 2.75) is 6.92 Å². The van der Waals surface area contributed by atoms with Gasteiger partial charge in [0.15, 0.2) is 0 Å². The molecule has 0 atom stereocenters. The molecule has 3 N–H and O–H groups in total. The molecule has 1 aliphatic rings. The monoisotopic (exact) mass is 218 g/mol. The topological polar surface area (TPSA) is 64.3 Å². The van der Waals surface area contributed by atoms with Gasteiger partial charge in [0.2, 0.25) is 0 Å². The molecule has 0 fully saturated rings. The van der Waals surface area contributed by atoms with Crippen LogP contribution in [0, 0.1) is 0 Å². The Hall–Kier alpha value is -1.97. The molecular weight excluding hydrogens is 204 g/mol. The summed E-state index contributed by atoms with van der Waals surface area (Å²) in [5.74, 6) is -0.345. The molecule has 0 bridgehead atoms. The molecule has 1 aliphatic heterocycles. The Morgan fingerprint density at radius 3 is 3.00 bits per heavy atom. The lowest BCUT2D eigenvalue weighted by atomic mass is 10.0. The van der Waals surface area contributed by atoms with Crippen LogP contribution >= 0.6 is 0 Å². The molecule has 0 aromatic heterocycles. The molecule has 0 spiro atoms. The summed E-state index contributed by atoms with van der Waals surface area (Å²) in [6.45, 7) is 2.55. The zero-order valence-corrected chi connectivity index (χ0v) is 9.12. The van der Waals surface area contributed by atoms with E-state index in [1.807, 2.05) is 24.3 Å². The number of carbonyl (C=O) groups excluding carboxylic acids is 1. The smallest absolute Gasteiger partial charge is 0.337 e. The summed E-state index contributed by atoms with van der Waals surface area (Å²) in [4.78, 5) is 11.6. The van der Waals surface area contributed by atoms with Crippen molar-refractivity contribution in [3.05, 3.63) is 35.4 Å². The predicted octanol–water partition coefficient (Wildman–Crippen LogP) is 1.35. The lowest BCUT2D eigenvalue weighted by Crippen LogP contribution is -2.24. The van der Waals surface area contributed by atoms with Gasteiger partial charge in [-0.2, -0.15) is 0 Å². The summed E-state index contributed by atoms with van der Waals surface area (Å²) in [6, 6.07) is 7.64. The molecule has 1 aromatic rings. The largest absolute Gasteiger partial charge is 0.463 e. The SMILES string of the molecule is CCOC(=O)C1=C(N)c2ccccc2NC1. The quantitative estimate of drug-likeness (QED) is 0.735. The van der Waals surface area contributed by atoms with E-state index in [-0.39, 0.29) is 5.97 Å². The summed E-state index contributed by atoms with van der Waals surface area (Å²) in [7, 11) is 0. The lowest BCUT2D eigenvalue weighted by molar-refractivity contribution is -0.138. The van der Waals surface area contributed by atoms with Gasteiger partial charge in [-0.05, 0) is 13.0 Å². The van der Waals surface area contributed by atoms with Crippen molar-refractivity contribution in [1.82, 2.24) is 0 Å². The summed E-state index contributed by atoms with van der Waals surface area (Å²) in [5, 5.41) is 3.14. The number of nitrogens with two attached hydrogens (primary N) is 1. The van der Waals surface area contributed by atoms with E-state index >= 15 is 0 Å². The number of nitrogens with one attached hydrogen (secondary N) is 1. The molecule has 0 amide bonds. The number of ether oxygens (including phenoxy) is 1. The fourth-order valence-electron chi connectivity index (χ4n) is 1.71. The van der Waals surface area contributed by atoms with Crippen molar-refractivity contribution in [2.75, 3.05) is 18.5 Å². The van der Waals surface area contributed by atoms with E-state index in [4.69, 9.17) is 10.5 Å². The highest BCUT2D eigenvalue weighted by Crippen LogP contribution is 2.27. The number of para-hydroxylation sites is 1. The van der Waals surface area contributed by atoms with Gasteiger partial charge in [0, 0.05) is 17.8 Å². The van der Waals surface area contributed by atoms with Crippen molar-refractivity contribution < 1.29 is 9.53 Å². The summed E-state index contributed by atoms with van der Waals surface area (Å²) in [6.07, 6.45) is 0. The maximum Gasteiger partial charge on any atom is 0.337 e. The highest BCUT2D eigenvalue weighted by Gasteiger charge is 2.21. The van der Waals surface area contributed by atoms with Crippen LogP contribution in [0.15, 0.2) is 29.8 Å². The van der Waals surface area contributed by atoms with Gasteiger partial charge < -0.3 is 15.8 Å². The number of rotatable bonds is 2. The summed E-state index contributed by atoms with van der Waals surface area (Å²) >= 11 is 0. The van der Waals surface area contributed by atoms with Gasteiger partial charge in [0.05, 0.1) is 17.9 Å². The highest BCUT2D eigenvalue weighted by molar-refractivity contribution is 6.00. The number of carbonyl (C=O) groups is 1. The summed E-state index contributed by atoms with van der Waals surface area (Å²) in [5.41, 5.74) is 8.78. The van der Waals surface area contributed by atoms with E-state index in [2.05, 4.69) is 5.32 Å². The molecule has 1 heterocycles. The van der Waals surface area contributed by atoms with Gasteiger partial charge in [0.25, 0.3) is 0 Å². The molecule has 0 aliphatic carbocycles. The minimum absolute atomic E-state index is 0.345. The van der Waals surface area contributed by atoms with E-state index in [1.54, 1.807) is 6.92 Å². The molecule has 84 valence electrons. The van der Waals surface area contributed by atoms with Crippen LogP contribution in [0.5, 0.6) is 0 Å². The zero-order chi connectivity index (χ0) is 11.5. The Morgan fingerprint density at radius 1 is 1.50 bits per heavy atom. The fourth-order valence-corrected chi connectivity index (χ4v) is 1.71. The Morgan fingerprint density at radius 2 is 2.25 bits per heavy atom. The molecule has 0 radical (unpaired) electrons. The molecule has 0 saturated heterocycles. The van der Waals surface area contributed by atoms with E-state index in [0.29, 0.717) is 24.4 Å². The summed E-state index contributed by atoms with van der Waals surface area (Å²) < 4.78 is 4.95. The van der Waals surface area contributed by atoms with Gasteiger partial charge in [0.1, 0.15) is 0 Å². The van der Waals surface area contributed by atoms with Crippen LogP contribution in [0.25, 0.3) is 5.70 Å². The standard InChI is InChI=1S/C12H14N2O2/c1-2-16-12(15)9-7-14-10-6-4-3-5-8(10)11(9)13/h3-6,14H,2,7,13H2,1H3. The first kappa shape index (κ1) is 10.5. The fraction of sp³-hybridized carbons (Fsp3) is 0.250. The van der Waals surface area contributed by atoms with Crippen LogP contribution < -0.4 is 11.1 Å². The molecule has 1 aromatic carbocycles. The number of hydrogen-bond donors (Lipinski definition) is 2. The van der Waals surface area contributed by atoms with Crippen LogP contribution in [-0.2, 0) is 9.53 Å². The van der Waals surface area contributed by atoms with Gasteiger partial charge >= 0.3 is 5.97 Å². The second-order valence-corrected chi connectivity index (χ2v) is 3.51. The molecule has 4 nitrogen and oxygen atoms in total. The normalized spacial score (nSPS) is 14.1. The predicted molar refractivity (Wildman–Crippen MR) is 62.7 cm³/mol. The second-order valence-electron chi connectivity index (χ2n) is 3.51. The molecule has 4 heteroatoms. The van der Waals surface area contributed by atoms with Crippen molar-refractivity contribution in [3.63, 3.8) is 0 Å². The Labute approximate surface area is 94.1 Å². The van der Waals surface area contributed by atoms with Crippen molar-refractivity contribution in [3.8, 4) is 0 Å². The van der Waals surface area contributed by atoms with Crippen molar-refractivity contribution >= 4 is 17.4 Å². The maximum atomic E-state index is 11.6. The van der Waals surface area contributed by atoms with Crippen LogP contribution in [0.2, 0.25) is 0 Å².